The fourth-order valence-electron chi connectivity index (χ4n) is 0.845. The van der Waals surface area contributed by atoms with Crippen LogP contribution < -0.4 is 0 Å². The van der Waals surface area contributed by atoms with Crippen LogP contribution in [0.25, 0.3) is 6.08 Å². The third kappa shape index (κ3) is 3.60. The number of benzene rings is 1. The molecular weight excluding hydrogens is 248 g/mol. The fourth-order valence-corrected chi connectivity index (χ4v) is 1.67. The van der Waals surface area contributed by atoms with Crippen LogP contribution in [0, 0.1) is 0 Å². The van der Waals surface area contributed by atoms with Crippen LogP contribution >= 0.6 is 0 Å². The summed E-state index contributed by atoms with van der Waals surface area (Å²) < 4.78 is 1.31. The maximum atomic E-state index is 2.32. The van der Waals surface area contributed by atoms with E-state index >= 15 is 0 Å². The Morgan fingerprint density at radius 1 is 1.27 bits per heavy atom. The summed E-state index contributed by atoms with van der Waals surface area (Å²) in [5.41, 5.74) is 1.31. The molecule has 0 amide bonds. The Morgan fingerprint density at radius 3 is 2.64 bits per heavy atom. The van der Waals surface area contributed by atoms with Crippen molar-refractivity contribution in [2.24, 2.45) is 0 Å². The second-order valence-corrected chi connectivity index (χ2v) is 4.87. The molecule has 58 valence electrons. The quantitative estimate of drug-likeness (QED) is 0.733. The first kappa shape index (κ1) is 8.84. The van der Waals surface area contributed by atoms with Crippen LogP contribution in [-0.4, -0.2) is 20.9 Å². The van der Waals surface area contributed by atoms with Gasteiger partial charge in [0, 0.05) is 0 Å². The van der Waals surface area contributed by atoms with E-state index in [1.807, 2.05) is 6.07 Å². The molecule has 0 bridgehead atoms. The Labute approximate surface area is 78.4 Å². The van der Waals surface area contributed by atoms with Gasteiger partial charge in [0.2, 0.25) is 0 Å². The van der Waals surface area contributed by atoms with Crippen molar-refractivity contribution in [1.29, 1.82) is 0 Å². The number of hydrogen-bond acceptors (Lipinski definition) is 0. The fraction of sp³-hybridized carbons (Fsp3) is 0.200. The van der Waals surface area contributed by atoms with Crippen LogP contribution in [0.3, 0.4) is 0 Å². The molecule has 1 heteroatoms. The molecule has 0 heterocycles. The Kier molecular flexibility index (Phi) is 4.35. The van der Waals surface area contributed by atoms with Gasteiger partial charge in [-0.3, -0.25) is 0 Å². The maximum absolute atomic E-state index is 2.32. The SMILES string of the molecule is C[Te]C/C=C/c1ccccc1. The van der Waals surface area contributed by atoms with E-state index in [-0.39, 0.29) is 20.9 Å². The van der Waals surface area contributed by atoms with Gasteiger partial charge >= 0.3 is 78.4 Å². The molecule has 0 aliphatic carbocycles. The average Bonchev–Trinajstić information content (AvgIpc) is 2.07. The average molecular weight is 260 g/mol. The summed E-state index contributed by atoms with van der Waals surface area (Å²) in [6, 6.07) is 10.5. The summed E-state index contributed by atoms with van der Waals surface area (Å²) in [6.45, 7) is 0. The summed E-state index contributed by atoms with van der Waals surface area (Å²) in [5, 5.41) is 0. The molecule has 0 aliphatic rings. The first-order valence-corrected chi connectivity index (χ1v) is 7.62. The summed E-state index contributed by atoms with van der Waals surface area (Å²) in [7, 11) is 0. The van der Waals surface area contributed by atoms with E-state index in [1.54, 1.807) is 0 Å². The Balaban J connectivity index is 2.50. The molecule has 0 saturated carbocycles. The molecule has 0 atom stereocenters. The summed E-state index contributed by atoms with van der Waals surface area (Å²) in [6.07, 6.45) is 4.48. The van der Waals surface area contributed by atoms with Gasteiger partial charge in [-0.2, -0.15) is 0 Å². The molecule has 1 aromatic carbocycles. The van der Waals surface area contributed by atoms with Crippen molar-refractivity contribution in [3.63, 3.8) is 0 Å². The molecular formula is C10H12Te. The predicted octanol–water partition coefficient (Wildman–Crippen LogP) is 2.87. The van der Waals surface area contributed by atoms with Gasteiger partial charge in [-0.1, -0.05) is 0 Å². The minimum absolute atomic E-state index is 0.276. The Morgan fingerprint density at radius 2 is 2.00 bits per heavy atom. The minimum atomic E-state index is 0.276. The normalized spacial score (nSPS) is 10.6. The second kappa shape index (κ2) is 5.41. The van der Waals surface area contributed by atoms with E-state index in [9.17, 15) is 0 Å². The first-order valence-electron chi connectivity index (χ1n) is 3.64. The van der Waals surface area contributed by atoms with Crippen molar-refractivity contribution in [3.05, 3.63) is 42.0 Å². The molecule has 0 aromatic heterocycles. The summed E-state index contributed by atoms with van der Waals surface area (Å²) >= 11 is 0.276. The van der Waals surface area contributed by atoms with Crippen molar-refractivity contribution < 1.29 is 0 Å². The Bertz CT molecular complexity index is 214. The van der Waals surface area contributed by atoms with Crippen LogP contribution in [0.4, 0.5) is 0 Å². The van der Waals surface area contributed by atoms with Crippen molar-refractivity contribution >= 4 is 27.0 Å². The zero-order valence-corrected chi connectivity index (χ0v) is 8.99. The molecule has 0 radical (unpaired) electrons. The standard InChI is InChI=1S/C10H12Te/c1-11-9-5-8-10-6-3-2-4-7-10/h2-8H,9H2,1H3/b8-5+. The molecule has 0 saturated heterocycles. The monoisotopic (exact) mass is 262 g/mol. The second-order valence-electron chi connectivity index (χ2n) is 2.27. The van der Waals surface area contributed by atoms with E-state index in [2.05, 4.69) is 41.4 Å². The third-order valence-electron chi connectivity index (χ3n) is 1.37. The zero-order valence-electron chi connectivity index (χ0n) is 6.66. The van der Waals surface area contributed by atoms with Crippen LogP contribution in [0.2, 0.25) is 9.44 Å². The van der Waals surface area contributed by atoms with Crippen LogP contribution in [-0.2, 0) is 0 Å². The topological polar surface area (TPSA) is 0 Å². The molecule has 1 aromatic rings. The third-order valence-corrected chi connectivity index (χ3v) is 2.87. The van der Waals surface area contributed by atoms with Gasteiger partial charge in [0.1, 0.15) is 0 Å². The molecule has 0 spiro atoms. The van der Waals surface area contributed by atoms with E-state index in [4.69, 9.17) is 0 Å². The van der Waals surface area contributed by atoms with Crippen LogP contribution in [0.1, 0.15) is 5.56 Å². The molecule has 0 fully saturated rings. The van der Waals surface area contributed by atoms with Gasteiger partial charge in [-0.25, -0.2) is 0 Å². The molecule has 0 nitrogen and oxygen atoms in total. The van der Waals surface area contributed by atoms with Crippen LogP contribution in [0.5, 0.6) is 0 Å². The van der Waals surface area contributed by atoms with Crippen LogP contribution in [0.15, 0.2) is 36.4 Å². The van der Waals surface area contributed by atoms with Gasteiger partial charge in [0.05, 0.1) is 0 Å². The molecule has 0 N–H and O–H groups in total. The van der Waals surface area contributed by atoms with E-state index in [0.717, 1.165) is 0 Å². The molecule has 0 aliphatic heterocycles. The van der Waals surface area contributed by atoms with Crippen molar-refractivity contribution in [1.82, 2.24) is 0 Å². The van der Waals surface area contributed by atoms with Gasteiger partial charge in [0.15, 0.2) is 0 Å². The van der Waals surface area contributed by atoms with Crippen molar-refractivity contribution in [2.75, 3.05) is 0 Å². The zero-order chi connectivity index (χ0) is 7.94. The van der Waals surface area contributed by atoms with Crippen molar-refractivity contribution in [3.8, 4) is 0 Å². The van der Waals surface area contributed by atoms with E-state index in [1.165, 1.54) is 10.0 Å². The van der Waals surface area contributed by atoms with E-state index < -0.39 is 0 Å². The molecule has 11 heavy (non-hydrogen) atoms. The Hall–Kier alpha value is -0.250. The van der Waals surface area contributed by atoms with Gasteiger partial charge in [-0.05, 0) is 0 Å². The predicted molar refractivity (Wildman–Crippen MR) is 51.9 cm³/mol. The molecule has 1 rings (SSSR count). The number of allylic oxidation sites excluding steroid dienone is 1. The number of rotatable bonds is 3. The van der Waals surface area contributed by atoms with Crippen molar-refractivity contribution in [2.45, 2.75) is 9.44 Å². The van der Waals surface area contributed by atoms with Gasteiger partial charge in [0.25, 0.3) is 0 Å². The summed E-state index contributed by atoms with van der Waals surface area (Å²) in [5.74, 6) is 0. The first-order chi connectivity index (χ1) is 5.43. The van der Waals surface area contributed by atoms with Gasteiger partial charge in [-0.15, -0.1) is 0 Å². The van der Waals surface area contributed by atoms with E-state index in [0.29, 0.717) is 0 Å². The van der Waals surface area contributed by atoms with Gasteiger partial charge < -0.3 is 0 Å². The number of hydrogen-bond donors (Lipinski definition) is 0. The summed E-state index contributed by atoms with van der Waals surface area (Å²) in [4.78, 5) is 2.32. The molecule has 0 unspecified atom stereocenters.